The van der Waals surface area contributed by atoms with Gasteiger partial charge in [-0.05, 0) is 56.9 Å². The second-order valence-corrected chi connectivity index (χ2v) is 8.90. The molecule has 0 saturated heterocycles. The maximum atomic E-state index is 13.0. The van der Waals surface area contributed by atoms with Crippen LogP contribution in [-0.2, 0) is 9.59 Å². The molecule has 0 bridgehead atoms. The van der Waals surface area contributed by atoms with Crippen LogP contribution in [0.25, 0.3) is 0 Å². The highest BCUT2D eigenvalue weighted by Crippen LogP contribution is 2.19. The van der Waals surface area contributed by atoms with E-state index < -0.39 is 18.2 Å². The number of halogens is 3. The number of methoxy groups -OCH3 is 1. The molecule has 37 heavy (non-hydrogen) atoms. The van der Waals surface area contributed by atoms with Crippen molar-refractivity contribution in [2.75, 3.05) is 23.1 Å². The highest BCUT2D eigenvalue weighted by atomic mass is 19.4. The van der Waals surface area contributed by atoms with Crippen LogP contribution in [-0.4, -0.2) is 52.3 Å². The summed E-state index contributed by atoms with van der Waals surface area (Å²) in [4.78, 5) is 30.9. The molecule has 12 heteroatoms. The van der Waals surface area contributed by atoms with E-state index in [4.69, 9.17) is 14.6 Å². The van der Waals surface area contributed by atoms with Gasteiger partial charge >= 0.3 is 12.1 Å². The summed E-state index contributed by atoms with van der Waals surface area (Å²) in [5.74, 6) is -0.541. The number of amides is 1. The number of hydrogen-bond acceptors (Lipinski definition) is 7. The molecule has 0 spiro atoms. The second-order valence-electron chi connectivity index (χ2n) is 8.90. The van der Waals surface area contributed by atoms with Crippen LogP contribution in [0.5, 0.6) is 5.75 Å². The number of ether oxygens (including phenoxy) is 1. The van der Waals surface area contributed by atoms with Crippen molar-refractivity contribution in [2.45, 2.75) is 72.1 Å². The van der Waals surface area contributed by atoms with Gasteiger partial charge in [0.1, 0.15) is 17.6 Å². The van der Waals surface area contributed by atoms with E-state index in [0.29, 0.717) is 24.1 Å². The lowest BCUT2D eigenvalue weighted by Gasteiger charge is -2.22. The highest BCUT2D eigenvalue weighted by Gasteiger charge is 2.38. The summed E-state index contributed by atoms with van der Waals surface area (Å²) in [7, 11) is 1.62. The summed E-state index contributed by atoms with van der Waals surface area (Å²) >= 11 is 0. The van der Waals surface area contributed by atoms with Gasteiger partial charge < -0.3 is 25.8 Å². The summed E-state index contributed by atoms with van der Waals surface area (Å²) in [6.45, 7) is 10.4. The largest absolute Gasteiger partial charge is 0.497 e. The third-order valence-electron chi connectivity index (χ3n) is 4.90. The monoisotopic (exact) mass is 527 g/mol. The van der Waals surface area contributed by atoms with Crippen molar-refractivity contribution in [1.82, 2.24) is 9.97 Å². The Morgan fingerprint density at radius 1 is 1.08 bits per heavy atom. The number of rotatable bonds is 11. The normalized spacial score (nSPS) is 12.6. The van der Waals surface area contributed by atoms with Gasteiger partial charge in [0.2, 0.25) is 11.9 Å². The zero-order chi connectivity index (χ0) is 28.2. The van der Waals surface area contributed by atoms with Crippen LogP contribution in [0, 0.1) is 12.8 Å². The van der Waals surface area contributed by atoms with Gasteiger partial charge in [-0.3, -0.25) is 4.79 Å². The molecule has 1 unspecified atom stereocenters. The number of benzene rings is 1. The van der Waals surface area contributed by atoms with Gasteiger partial charge in [0.05, 0.1) is 7.11 Å². The first kappa shape index (κ1) is 31.5. The van der Waals surface area contributed by atoms with Crippen LogP contribution in [0.3, 0.4) is 0 Å². The van der Waals surface area contributed by atoms with Gasteiger partial charge in [-0.1, -0.05) is 27.2 Å². The highest BCUT2D eigenvalue weighted by molar-refractivity contribution is 5.96. The molecule has 0 fully saturated rings. The van der Waals surface area contributed by atoms with Crippen LogP contribution in [0.2, 0.25) is 0 Å². The molecule has 0 aliphatic rings. The Labute approximate surface area is 215 Å². The van der Waals surface area contributed by atoms with Gasteiger partial charge in [-0.15, -0.1) is 0 Å². The van der Waals surface area contributed by atoms with Crippen LogP contribution >= 0.6 is 0 Å². The first-order valence-electron chi connectivity index (χ1n) is 11.9. The molecule has 1 aromatic heterocycles. The molecule has 9 nitrogen and oxygen atoms in total. The first-order chi connectivity index (χ1) is 17.2. The molecule has 0 aliphatic heterocycles. The van der Waals surface area contributed by atoms with Crippen LogP contribution < -0.4 is 20.7 Å². The molecule has 206 valence electrons. The number of carboxylic acids is 1. The first-order valence-corrected chi connectivity index (χ1v) is 11.9. The quantitative estimate of drug-likeness (QED) is 0.302. The van der Waals surface area contributed by atoms with Gasteiger partial charge in [0.25, 0.3) is 0 Å². The maximum absolute atomic E-state index is 13.0. The van der Waals surface area contributed by atoms with Crippen LogP contribution in [0.15, 0.2) is 30.3 Å². The van der Waals surface area contributed by atoms with Crippen molar-refractivity contribution in [3.8, 4) is 5.75 Å². The van der Waals surface area contributed by atoms with Crippen molar-refractivity contribution in [1.29, 1.82) is 0 Å². The van der Waals surface area contributed by atoms with Gasteiger partial charge in [0, 0.05) is 23.5 Å². The maximum Gasteiger partial charge on any atom is 0.490 e. The van der Waals surface area contributed by atoms with E-state index in [0.717, 1.165) is 30.0 Å². The summed E-state index contributed by atoms with van der Waals surface area (Å²) in [6.07, 6.45) is -2.27. The molecule has 4 N–H and O–H groups in total. The average Bonchev–Trinajstić information content (AvgIpc) is 2.78. The predicted molar refractivity (Wildman–Crippen MR) is 137 cm³/mol. The summed E-state index contributed by atoms with van der Waals surface area (Å²) < 4.78 is 36.9. The average molecular weight is 528 g/mol. The minimum absolute atomic E-state index is 0.0982. The van der Waals surface area contributed by atoms with Gasteiger partial charge in [0.15, 0.2) is 0 Å². The summed E-state index contributed by atoms with van der Waals surface area (Å²) in [6, 6.07) is 9.04. The fourth-order valence-electron chi connectivity index (χ4n) is 3.22. The van der Waals surface area contributed by atoms with E-state index in [-0.39, 0.29) is 11.9 Å². The van der Waals surface area contributed by atoms with Crippen LogP contribution in [0.1, 0.15) is 52.7 Å². The number of carbonyl (C=O) groups excluding carboxylic acids is 1. The van der Waals surface area contributed by atoms with Crippen molar-refractivity contribution in [3.63, 3.8) is 0 Å². The second kappa shape index (κ2) is 14.9. The number of nitrogens with zero attached hydrogens (tertiary/aromatic N) is 2. The van der Waals surface area contributed by atoms with Gasteiger partial charge in [-0.2, -0.15) is 18.2 Å². The van der Waals surface area contributed by atoms with E-state index in [1.165, 1.54) is 0 Å². The Bertz CT molecular complexity index is 1000. The summed E-state index contributed by atoms with van der Waals surface area (Å²) in [5, 5.41) is 16.8. The molecule has 1 heterocycles. The predicted octanol–water partition coefficient (Wildman–Crippen LogP) is 5.49. The van der Waals surface area contributed by atoms with E-state index >= 15 is 0 Å². The van der Waals surface area contributed by atoms with E-state index in [1.54, 1.807) is 7.11 Å². The third kappa shape index (κ3) is 12.3. The number of anilines is 3. The number of hydrogen-bond donors (Lipinski definition) is 4. The number of aliphatic carboxylic acids is 1. The van der Waals surface area contributed by atoms with E-state index in [1.807, 2.05) is 37.3 Å². The lowest BCUT2D eigenvalue weighted by atomic mass is 10.0. The van der Waals surface area contributed by atoms with Crippen molar-refractivity contribution >= 4 is 29.3 Å². The number of aromatic nitrogens is 2. The minimum Gasteiger partial charge on any atom is -0.497 e. The molecular formula is C25H36F3N5O4. The Morgan fingerprint density at radius 2 is 1.68 bits per heavy atom. The number of aryl methyl sites for hydroxylation is 1. The molecular weight excluding hydrogens is 491 g/mol. The van der Waals surface area contributed by atoms with Gasteiger partial charge in [-0.25, -0.2) is 9.78 Å². The standard InChI is InChI=1S/C23H35N5O2.C2HF3O2/c1-7-8-16(4)24-23-25-17(5)14-21(28-23)27-20(13-15(2)3)22(29)26-18-9-11-19(30-6)12-10-18;3-2(4,5)1(6)7/h9-12,14-16,20H,7-8,13H2,1-6H3,(H,26,29)(H2,24,25,27,28);(H,6,7)/t16?,20-;/m0./s1. The Morgan fingerprint density at radius 3 is 2.16 bits per heavy atom. The fraction of sp³-hybridized carbons (Fsp3) is 0.520. The zero-order valence-electron chi connectivity index (χ0n) is 21.9. The van der Waals surface area contributed by atoms with Crippen LogP contribution in [0.4, 0.5) is 30.6 Å². The molecule has 2 aromatic rings. The van der Waals surface area contributed by atoms with Crippen molar-refractivity contribution in [2.24, 2.45) is 5.92 Å². The summed E-state index contributed by atoms with van der Waals surface area (Å²) in [5.41, 5.74) is 1.57. The molecule has 2 atom stereocenters. The number of alkyl halides is 3. The molecule has 1 aromatic carbocycles. The lowest BCUT2D eigenvalue weighted by Crippen LogP contribution is -2.36. The Kier molecular flexibility index (Phi) is 12.6. The molecule has 1 amide bonds. The molecule has 0 saturated carbocycles. The zero-order valence-corrected chi connectivity index (χ0v) is 21.9. The molecule has 0 aliphatic carbocycles. The minimum atomic E-state index is -5.08. The van der Waals surface area contributed by atoms with E-state index in [9.17, 15) is 18.0 Å². The smallest absolute Gasteiger partial charge is 0.490 e. The third-order valence-corrected chi connectivity index (χ3v) is 4.90. The van der Waals surface area contributed by atoms with Crippen molar-refractivity contribution < 1.29 is 32.6 Å². The topological polar surface area (TPSA) is 125 Å². The molecule has 2 rings (SSSR count). The number of carbonyl (C=O) groups is 2. The fourth-order valence-corrected chi connectivity index (χ4v) is 3.22. The number of nitrogens with one attached hydrogen (secondary N) is 3. The van der Waals surface area contributed by atoms with Crippen molar-refractivity contribution in [3.05, 3.63) is 36.0 Å². The SMILES string of the molecule is CCCC(C)Nc1nc(C)cc(N[C@@H](CC(C)C)C(=O)Nc2ccc(OC)cc2)n1.O=C(O)C(F)(F)F. The van der Waals surface area contributed by atoms with E-state index in [2.05, 4.69) is 53.6 Å². The number of carboxylic acid groups (broad SMARTS) is 1. The lowest BCUT2D eigenvalue weighted by molar-refractivity contribution is -0.192. The Hall–Kier alpha value is -3.57. The Balaban J connectivity index is 0.000000856. The molecule has 0 radical (unpaired) electrons.